The van der Waals surface area contributed by atoms with Gasteiger partial charge in [-0.1, -0.05) is 100 Å². The van der Waals surface area contributed by atoms with Gasteiger partial charge < -0.3 is 28.5 Å². The van der Waals surface area contributed by atoms with Crippen LogP contribution in [-0.2, 0) is 4.74 Å². The second kappa shape index (κ2) is 22.4. The van der Waals surface area contributed by atoms with Crippen molar-refractivity contribution in [3.8, 4) is 17.2 Å². The van der Waals surface area contributed by atoms with Crippen molar-refractivity contribution in [2.45, 2.75) is 94.9 Å². The first-order valence-electron chi connectivity index (χ1n) is 19.1. The second-order valence-corrected chi connectivity index (χ2v) is 15.2. The van der Waals surface area contributed by atoms with Gasteiger partial charge in [0.15, 0.2) is 0 Å². The van der Waals surface area contributed by atoms with Crippen LogP contribution in [0.15, 0.2) is 127 Å². The lowest BCUT2D eigenvalue weighted by molar-refractivity contribution is 0.0620. The molecule has 2 atom stereocenters. The molecule has 0 aliphatic carbocycles. The van der Waals surface area contributed by atoms with Crippen LogP contribution in [0.2, 0.25) is 0 Å². The molecule has 2 N–H and O–H groups in total. The van der Waals surface area contributed by atoms with E-state index in [0.717, 1.165) is 56.4 Å². The number of H-pyrrole nitrogens is 2. The highest BCUT2D eigenvalue weighted by atomic mass is 31.1. The van der Waals surface area contributed by atoms with Gasteiger partial charge in [-0.15, -0.1) is 0 Å². The van der Waals surface area contributed by atoms with Gasteiger partial charge >= 0.3 is 0 Å². The maximum absolute atomic E-state index is 6.47. The van der Waals surface area contributed by atoms with Crippen LogP contribution in [0.5, 0.6) is 17.2 Å². The van der Waals surface area contributed by atoms with Gasteiger partial charge in [0.25, 0.3) is 9.03 Å². The molecule has 0 amide bonds. The number of benzene rings is 3. The van der Waals surface area contributed by atoms with E-state index in [1.165, 1.54) is 22.3 Å². The average molecular weight is 763 g/mol. The number of aryl methyl sites for hydroxylation is 5. The molecule has 0 fully saturated rings. The zero-order chi connectivity index (χ0) is 40.5. The molecule has 55 heavy (non-hydrogen) atoms. The standard InChI is InChI=1S/C40H53O4P.2C4H5N/c1-14-33(25(4)5)37(17-24(2)3)41-23-42-39-30(11)18-28(9)20-35(39)32(13)36-21-29(10)19-31(12)40(36)44-45-43-38-22-27(8)15-16-34(38)26(6)7;2*1-2-4-5-3-1/h14-22,25-26,32,45H,2,23H2,1,3-13H3;2*1-5H/b33-14-,37-17+;;. The Kier molecular flexibility index (Phi) is 18.1. The third-order valence-corrected chi connectivity index (χ3v) is 9.51. The summed E-state index contributed by atoms with van der Waals surface area (Å²) in [6.07, 6.45) is 11.6. The van der Waals surface area contributed by atoms with Crippen LogP contribution in [0, 0.1) is 40.5 Å². The Morgan fingerprint density at radius 2 is 1.25 bits per heavy atom. The molecule has 0 bridgehead atoms. The maximum Gasteiger partial charge on any atom is 0.275 e. The number of hydrogen-bond acceptors (Lipinski definition) is 4. The first-order valence-corrected chi connectivity index (χ1v) is 19.9. The fourth-order valence-corrected chi connectivity index (χ4v) is 7.01. The number of aromatic nitrogens is 2. The quantitative estimate of drug-likeness (QED) is 0.0512. The average Bonchev–Trinajstić information content (AvgIpc) is 3.90. The zero-order valence-corrected chi connectivity index (χ0v) is 36.1. The SMILES string of the molecule is C=C(C)/C=C(OCOc1c(C)cc(C)cc1C(C)c1cc(C)cc(C)c1OPOc1cc(C)ccc1C(C)C)\C(=C/C)C(C)C.c1cc[nH]c1.c1cc[nH]c1. The van der Waals surface area contributed by atoms with Crippen molar-refractivity contribution in [1.82, 2.24) is 9.97 Å². The summed E-state index contributed by atoms with van der Waals surface area (Å²) in [5.41, 5.74) is 11.1. The van der Waals surface area contributed by atoms with Crippen molar-refractivity contribution in [3.05, 3.63) is 172 Å². The third-order valence-electron chi connectivity index (χ3n) is 8.92. The molecule has 0 spiro atoms. The van der Waals surface area contributed by atoms with E-state index in [0.29, 0.717) is 11.8 Å². The first-order chi connectivity index (χ1) is 26.2. The lowest BCUT2D eigenvalue weighted by Gasteiger charge is -2.24. The number of ether oxygens (including phenoxy) is 2. The van der Waals surface area contributed by atoms with Crippen LogP contribution in [0.1, 0.15) is 105 Å². The van der Waals surface area contributed by atoms with Gasteiger partial charge in [-0.3, -0.25) is 0 Å². The van der Waals surface area contributed by atoms with E-state index in [2.05, 4.69) is 134 Å². The summed E-state index contributed by atoms with van der Waals surface area (Å²) in [4.78, 5) is 5.72. The molecule has 0 aliphatic heterocycles. The van der Waals surface area contributed by atoms with E-state index in [1.54, 1.807) is 0 Å². The van der Waals surface area contributed by atoms with Gasteiger partial charge in [0.05, 0.1) is 0 Å². The highest BCUT2D eigenvalue weighted by molar-refractivity contribution is 7.27. The van der Waals surface area contributed by atoms with Crippen LogP contribution < -0.4 is 13.8 Å². The molecule has 0 saturated carbocycles. The minimum atomic E-state index is -0.175. The summed E-state index contributed by atoms with van der Waals surface area (Å²) in [6, 6.07) is 22.9. The van der Waals surface area contributed by atoms with Gasteiger partial charge in [-0.05, 0) is 125 Å². The van der Waals surface area contributed by atoms with E-state index in [9.17, 15) is 0 Å². The molecule has 6 nitrogen and oxygen atoms in total. The topological polar surface area (TPSA) is 68.5 Å². The Bertz CT molecular complexity index is 1910. The molecule has 3 aromatic carbocycles. The Morgan fingerprint density at radius 3 is 1.73 bits per heavy atom. The Morgan fingerprint density at radius 1 is 0.709 bits per heavy atom. The molecule has 2 heterocycles. The lowest BCUT2D eigenvalue weighted by Crippen LogP contribution is -2.11. The molecule has 0 saturated heterocycles. The van der Waals surface area contributed by atoms with Crippen LogP contribution >= 0.6 is 9.03 Å². The molecule has 0 radical (unpaired) electrons. The third kappa shape index (κ3) is 14.0. The first kappa shape index (κ1) is 44.5. The van der Waals surface area contributed by atoms with Gasteiger partial charge in [0.1, 0.15) is 23.0 Å². The summed E-state index contributed by atoms with van der Waals surface area (Å²) in [6.45, 7) is 29.6. The number of allylic oxidation sites excluding steroid dienone is 4. The molecule has 2 aromatic heterocycles. The fourth-order valence-electron chi connectivity index (χ4n) is 6.34. The van der Waals surface area contributed by atoms with Crippen molar-refractivity contribution >= 4 is 9.03 Å². The van der Waals surface area contributed by atoms with E-state index < -0.39 is 0 Å². The summed E-state index contributed by atoms with van der Waals surface area (Å²) in [5.74, 6) is 4.02. The fraction of sp³-hybridized carbons (Fsp3) is 0.333. The predicted molar refractivity (Wildman–Crippen MR) is 234 cm³/mol. The molecular formula is C48H63N2O4P. The van der Waals surface area contributed by atoms with Crippen molar-refractivity contribution in [1.29, 1.82) is 0 Å². The molecule has 294 valence electrons. The van der Waals surface area contributed by atoms with Gasteiger partial charge in [0, 0.05) is 41.8 Å². The number of hydrogen-bond donors (Lipinski definition) is 2. The van der Waals surface area contributed by atoms with Gasteiger partial charge in [-0.25, -0.2) is 0 Å². The number of rotatable bonds is 14. The minimum absolute atomic E-state index is 0.00519. The summed E-state index contributed by atoms with van der Waals surface area (Å²) < 4.78 is 25.5. The number of nitrogens with one attached hydrogen (secondary N) is 2. The normalized spacial score (nSPS) is 12.2. The second-order valence-electron chi connectivity index (χ2n) is 14.6. The van der Waals surface area contributed by atoms with Gasteiger partial charge in [-0.2, -0.15) is 0 Å². The van der Waals surface area contributed by atoms with Crippen molar-refractivity contribution < 1.29 is 18.5 Å². The molecular weight excluding hydrogens is 700 g/mol. The predicted octanol–water partition coefficient (Wildman–Crippen LogP) is 13.9. The highest BCUT2D eigenvalue weighted by Crippen LogP contribution is 2.43. The Labute approximate surface area is 333 Å². The van der Waals surface area contributed by atoms with E-state index in [1.807, 2.05) is 69.0 Å². The van der Waals surface area contributed by atoms with Crippen molar-refractivity contribution in [3.63, 3.8) is 0 Å². The highest BCUT2D eigenvalue weighted by Gasteiger charge is 2.23. The molecule has 7 heteroatoms. The van der Waals surface area contributed by atoms with E-state index >= 15 is 0 Å². The van der Waals surface area contributed by atoms with Crippen molar-refractivity contribution in [2.75, 3.05) is 6.79 Å². The minimum Gasteiger partial charge on any atom is -0.457 e. The molecule has 2 unspecified atom stereocenters. The van der Waals surface area contributed by atoms with E-state index in [4.69, 9.17) is 18.5 Å². The zero-order valence-electron chi connectivity index (χ0n) is 35.1. The largest absolute Gasteiger partial charge is 0.457 e. The Hall–Kier alpha value is -4.93. The van der Waals surface area contributed by atoms with Crippen LogP contribution in [0.4, 0.5) is 0 Å². The molecule has 5 aromatic rings. The summed E-state index contributed by atoms with van der Waals surface area (Å²) in [5, 5.41) is 0. The van der Waals surface area contributed by atoms with Crippen molar-refractivity contribution in [2.24, 2.45) is 5.92 Å². The van der Waals surface area contributed by atoms with E-state index in [-0.39, 0.29) is 21.7 Å². The van der Waals surface area contributed by atoms with Crippen LogP contribution in [-0.4, -0.2) is 16.8 Å². The Balaban J connectivity index is 0.000000698. The number of aromatic amines is 2. The monoisotopic (exact) mass is 762 g/mol. The maximum atomic E-state index is 6.47. The van der Waals surface area contributed by atoms with Crippen LogP contribution in [0.3, 0.4) is 0 Å². The lowest BCUT2D eigenvalue weighted by atomic mass is 9.87. The van der Waals surface area contributed by atoms with Crippen LogP contribution in [0.25, 0.3) is 0 Å². The summed E-state index contributed by atoms with van der Waals surface area (Å²) in [7, 11) is -0.175. The molecule has 0 aliphatic rings. The molecule has 5 rings (SSSR count). The summed E-state index contributed by atoms with van der Waals surface area (Å²) >= 11 is 0. The smallest absolute Gasteiger partial charge is 0.275 e. The van der Waals surface area contributed by atoms with Gasteiger partial charge in [0.2, 0.25) is 6.79 Å².